The van der Waals surface area contributed by atoms with Crippen LogP contribution in [0.3, 0.4) is 0 Å². The van der Waals surface area contributed by atoms with Gasteiger partial charge < -0.3 is 5.32 Å². The van der Waals surface area contributed by atoms with Crippen molar-refractivity contribution in [2.45, 2.75) is 12.6 Å². The van der Waals surface area contributed by atoms with Gasteiger partial charge in [0, 0.05) is 22.0 Å². The monoisotopic (exact) mass is 372 g/mol. The number of nitrogens with one attached hydrogen (secondary N) is 2. The number of aromatic nitrogens is 2. The predicted molar refractivity (Wildman–Crippen MR) is 100 cm³/mol. The van der Waals surface area contributed by atoms with Crippen LogP contribution in [-0.2, 0) is 6.42 Å². The first-order chi connectivity index (χ1) is 12.2. The average Bonchev–Trinajstić information content (AvgIpc) is 3.28. The Bertz CT molecular complexity index is 873. The van der Waals surface area contributed by atoms with Gasteiger partial charge in [0.05, 0.1) is 12.2 Å². The molecular weight excluding hydrogens is 356 g/mol. The molecule has 0 radical (unpaired) electrons. The molecule has 0 aliphatic carbocycles. The molecule has 3 aromatic rings. The van der Waals surface area contributed by atoms with Gasteiger partial charge in [0.1, 0.15) is 11.9 Å². The maximum absolute atomic E-state index is 12.2. The predicted octanol–water partition coefficient (Wildman–Crippen LogP) is 3.34. The number of hydrogen-bond acceptors (Lipinski definition) is 4. The van der Waals surface area contributed by atoms with E-state index in [9.17, 15) is 4.79 Å². The molecule has 0 spiro atoms. The van der Waals surface area contributed by atoms with Crippen molar-refractivity contribution in [2.24, 2.45) is 0 Å². The van der Waals surface area contributed by atoms with Crippen molar-refractivity contribution in [3.05, 3.63) is 63.4 Å². The molecule has 5 nitrogen and oxygen atoms in total. The molecule has 1 atom stereocenters. The summed E-state index contributed by atoms with van der Waals surface area (Å²) in [6.45, 7) is 1.36. The van der Waals surface area contributed by atoms with Gasteiger partial charge in [-0.15, -0.1) is 11.3 Å². The van der Waals surface area contributed by atoms with Gasteiger partial charge in [0.25, 0.3) is 5.91 Å². The number of benzene rings is 1. The van der Waals surface area contributed by atoms with E-state index in [0.29, 0.717) is 17.3 Å². The first kappa shape index (κ1) is 16.3. The largest absolute Gasteiger partial charge is 0.347 e. The Morgan fingerprint density at radius 1 is 1.32 bits per heavy atom. The number of thiophene rings is 1. The molecule has 1 unspecified atom stereocenters. The molecule has 1 amide bonds. The fourth-order valence-electron chi connectivity index (χ4n) is 2.91. The molecule has 2 N–H and O–H groups in total. The number of carbonyl (C=O) groups is 1. The van der Waals surface area contributed by atoms with Crippen LogP contribution >= 0.6 is 22.9 Å². The Morgan fingerprint density at radius 3 is 2.92 bits per heavy atom. The van der Waals surface area contributed by atoms with Crippen LogP contribution in [0.1, 0.15) is 21.5 Å². The van der Waals surface area contributed by atoms with E-state index in [-0.39, 0.29) is 12.1 Å². The van der Waals surface area contributed by atoms with Gasteiger partial charge in [-0.1, -0.05) is 29.8 Å². The summed E-state index contributed by atoms with van der Waals surface area (Å²) in [5.74, 6) is -0.0935. The Morgan fingerprint density at radius 2 is 2.16 bits per heavy atom. The molecule has 0 saturated heterocycles. The van der Waals surface area contributed by atoms with E-state index in [1.807, 2.05) is 30.3 Å². The van der Waals surface area contributed by atoms with Crippen molar-refractivity contribution in [2.75, 3.05) is 13.1 Å². The Kier molecular flexibility index (Phi) is 4.57. The first-order valence-corrected chi connectivity index (χ1v) is 9.36. The first-order valence-electron chi connectivity index (χ1n) is 8.10. The third-order valence-electron chi connectivity index (χ3n) is 4.19. The quantitative estimate of drug-likeness (QED) is 0.722. The number of carbonyl (C=O) groups excluding carboxylic acids is 1. The van der Waals surface area contributed by atoms with Crippen LogP contribution < -0.4 is 10.6 Å². The van der Waals surface area contributed by atoms with Crippen molar-refractivity contribution in [3.8, 4) is 11.3 Å². The minimum Gasteiger partial charge on any atom is -0.347 e. The zero-order chi connectivity index (χ0) is 17.2. The van der Waals surface area contributed by atoms with Crippen molar-refractivity contribution < 1.29 is 4.79 Å². The fourth-order valence-corrected chi connectivity index (χ4v) is 3.74. The lowest BCUT2D eigenvalue weighted by Crippen LogP contribution is -2.45. The molecule has 0 fully saturated rings. The fraction of sp³-hybridized carbons (Fsp3) is 0.222. The second-order valence-corrected chi connectivity index (χ2v) is 7.34. The summed E-state index contributed by atoms with van der Waals surface area (Å²) >= 11 is 7.70. The number of halogens is 1. The normalized spacial score (nSPS) is 16.5. The van der Waals surface area contributed by atoms with Gasteiger partial charge in [-0.3, -0.25) is 10.1 Å². The molecule has 1 aliphatic rings. The van der Waals surface area contributed by atoms with Crippen LogP contribution in [0.5, 0.6) is 0 Å². The van der Waals surface area contributed by atoms with Crippen molar-refractivity contribution >= 4 is 28.8 Å². The van der Waals surface area contributed by atoms with Crippen LogP contribution in [0.15, 0.2) is 47.8 Å². The van der Waals surface area contributed by atoms with E-state index >= 15 is 0 Å². The molecule has 0 bridgehead atoms. The maximum Gasteiger partial charge on any atom is 0.269 e. The van der Waals surface area contributed by atoms with Gasteiger partial charge in [-0.05, 0) is 36.1 Å². The van der Waals surface area contributed by atoms with Crippen LogP contribution in [0.4, 0.5) is 0 Å². The lowest BCUT2D eigenvalue weighted by atomic mass is 10.1. The van der Waals surface area contributed by atoms with E-state index < -0.39 is 0 Å². The highest BCUT2D eigenvalue weighted by Crippen LogP contribution is 2.24. The number of fused-ring (bicyclic) bond motifs is 1. The molecule has 0 saturated carbocycles. The second kappa shape index (κ2) is 7.00. The van der Waals surface area contributed by atoms with Gasteiger partial charge in [0.15, 0.2) is 0 Å². The van der Waals surface area contributed by atoms with Crippen molar-refractivity contribution in [1.82, 2.24) is 20.4 Å². The molecule has 2 aromatic heterocycles. The van der Waals surface area contributed by atoms with Gasteiger partial charge in [0.2, 0.25) is 0 Å². The number of rotatable bonds is 5. The molecule has 1 aromatic carbocycles. The average molecular weight is 373 g/mol. The van der Waals surface area contributed by atoms with Crippen LogP contribution in [0.25, 0.3) is 11.3 Å². The molecule has 3 heterocycles. The summed E-state index contributed by atoms with van der Waals surface area (Å²) in [6.07, 6.45) is 0.914. The lowest BCUT2D eigenvalue weighted by Gasteiger charge is -2.25. The Hall–Kier alpha value is -2.15. The van der Waals surface area contributed by atoms with E-state index in [1.165, 1.54) is 4.88 Å². The van der Waals surface area contributed by atoms with E-state index in [0.717, 1.165) is 24.2 Å². The van der Waals surface area contributed by atoms with Gasteiger partial charge >= 0.3 is 0 Å². The van der Waals surface area contributed by atoms with E-state index in [2.05, 4.69) is 33.2 Å². The van der Waals surface area contributed by atoms with Crippen molar-refractivity contribution in [3.63, 3.8) is 0 Å². The second-order valence-electron chi connectivity index (χ2n) is 5.88. The third kappa shape index (κ3) is 3.46. The smallest absolute Gasteiger partial charge is 0.269 e. The highest BCUT2D eigenvalue weighted by Gasteiger charge is 2.27. The minimum absolute atomic E-state index is 0.0475. The Balaban J connectivity index is 1.53. The summed E-state index contributed by atoms with van der Waals surface area (Å²) in [6, 6.07) is 13.5. The SMILES string of the molecule is O=C1NCC(NCCc2cccs2)n2nc(-c3ccc(Cl)cc3)cc21. The van der Waals surface area contributed by atoms with Crippen LogP contribution in [0.2, 0.25) is 5.02 Å². The molecule has 7 heteroatoms. The number of amides is 1. The summed E-state index contributed by atoms with van der Waals surface area (Å²) in [7, 11) is 0. The highest BCUT2D eigenvalue weighted by atomic mass is 35.5. The standard InChI is InChI=1S/C18H17ClN4OS/c19-13-5-3-12(4-6-13)15-10-16-18(24)21-11-17(23(16)22-15)20-8-7-14-2-1-9-25-14/h1-6,9-10,17,20H,7-8,11H2,(H,21,24). The summed E-state index contributed by atoms with van der Waals surface area (Å²) in [5.41, 5.74) is 2.29. The molecular formula is C18H17ClN4OS. The highest BCUT2D eigenvalue weighted by molar-refractivity contribution is 7.09. The summed E-state index contributed by atoms with van der Waals surface area (Å²) in [4.78, 5) is 13.5. The van der Waals surface area contributed by atoms with E-state index in [4.69, 9.17) is 11.6 Å². The molecule has 4 rings (SSSR count). The zero-order valence-corrected chi connectivity index (χ0v) is 15.0. The van der Waals surface area contributed by atoms with Crippen LogP contribution in [-0.4, -0.2) is 28.8 Å². The zero-order valence-electron chi connectivity index (χ0n) is 13.4. The van der Waals surface area contributed by atoms with Crippen LogP contribution in [0, 0.1) is 0 Å². The maximum atomic E-state index is 12.2. The third-order valence-corrected chi connectivity index (χ3v) is 5.38. The van der Waals surface area contributed by atoms with E-state index in [1.54, 1.807) is 16.0 Å². The summed E-state index contributed by atoms with van der Waals surface area (Å²) in [5, 5.41) is 13.8. The minimum atomic E-state index is -0.0935. The molecule has 25 heavy (non-hydrogen) atoms. The van der Waals surface area contributed by atoms with Gasteiger partial charge in [-0.25, -0.2) is 4.68 Å². The number of hydrogen-bond donors (Lipinski definition) is 2. The summed E-state index contributed by atoms with van der Waals surface area (Å²) < 4.78 is 1.79. The van der Waals surface area contributed by atoms with Gasteiger partial charge in [-0.2, -0.15) is 5.10 Å². The molecule has 128 valence electrons. The topological polar surface area (TPSA) is 59.0 Å². The number of nitrogens with zero attached hydrogens (tertiary/aromatic N) is 2. The van der Waals surface area contributed by atoms with Crippen molar-refractivity contribution in [1.29, 1.82) is 0 Å². The molecule has 1 aliphatic heterocycles. The lowest BCUT2D eigenvalue weighted by molar-refractivity contribution is 0.0901. The Labute approximate surface area is 154 Å².